The van der Waals surface area contributed by atoms with E-state index in [1.807, 2.05) is 30.3 Å². The molecule has 0 saturated heterocycles. The summed E-state index contributed by atoms with van der Waals surface area (Å²) in [6.07, 6.45) is 8.97. The molecular weight excluding hydrogens is 410 g/mol. The Morgan fingerprint density at radius 2 is 1.94 bits per heavy atom. The Bertz CT molecular complexity index is 1160. The van der Waals surface area contributed by atoms with Gasteiger partial charge in [-0.3, -0.25) is 14.9 Å². The number of nitrogens with zero attached hydrogens (tertiary/aromatic N) is 2. The predicted molar refractivity (Wildman–Crippen MR) is 120 cm³/mol. The summed E-state index contributed by atoms with van der Waals surface area (Å²) < 4.78 is 5.17. The second kappa shape index (κ2) is 10.6. The zero-order valence-electron chi connectivity index (χ0n) is 17.4. The molecule has 3 rings (SSSR count). The fourth-order valence-corrected chi connectivity index (χ4v) is 2.92. The van der Waals surface area contributed by atoms with Crippen LogP contribution >= 0.6 is 0 Å². The number of hydrogen-bond acceptors (Lipinski definition) is 6. The Balaban J connectivity index is 1.58. The number of aromatic nitrogens is 2. The number of ether oxygens (including phenoxy) is 1. The lowest BCUT2D eigenvalue weighted by Gasteiger charge is -2.04. The first-order valence-electron chi connectivity index (χ1n) is 9.80. The molecule has 0 aliphatic heterocycles. The molecule has 0 unspecified atom stereocenters. The van der Waals surface area contributed by atoms with Crippen LogP contribution in [-0.2, 0) is 20.7 Å². The highest BCUT2D eigenvalue weighted by Crippen LogP contribution is 2.17. The first kappa shape index (κ1) is 22.4. The second-order valence-electron chi connectivity index (χ2n) is 6.92. The number of nitro benzene ring substituents is 1. The summed E-state index contributed by atoms with van der Waals surface area (Å²) >= 11 is 0. The highest BCUT2D eigenvalue weighted by Gasteiger charge is 2.16. The number of rotatable bonds is 9. The van der Waals surface area contributed by atoms with Crippen molar-refractivity contribution < 1.29 is 19.2 Å². The number of aromatic amines is 1. The standard InChI is InChI=1S/C24H21N3O5/c1-17(28)22(15-20-4-2-6-21(14-20)27(30)31)24(29)32-13-3-5-18-7-9-19(10-8-18)16-23-25-11-12-26-23/h2-12,14-15H,13,16H2,1H3,(H,25,26). The number of Topliss-reactive ketones (excluding diaryl/α,β-unsaturated/α-hetero) is 1. The van der Waals surface area contributed by atoms with Crippen LogP contribution in [0, 0.1) is 10.1 Å². The van der Waals surface area contributed by atoms with Crippen LogP contribution in [0.25, 0.3) is 12.2 Å². The quantitative estimate of drug-likeness (QED) is 0.136. The largest absolute Gasteiger partial charge is 0.458 e. The Labute approximate surface area is 184 Å². The molecule has 1 aromatic heterocycles. The average molecular weight is 431 g/mol. The number of nitrogens with one attached hydrogen (secondary N) is 1. The van der Waals surface area contributed by atoms with Gasteiger partial charge >= 0.3 is 5.97 Å². The van der Waals surface area contributed by atoms with Gasteiger partial charge in [-0.15, -0.1) is 0 Å². The van der Waals surface area contributed by atoms with E-state index in [0.717, 1.165) is 17.0 Å². The van der Waals surface area contributed by atoms with E-state index in [2.05, 4.69) is 9.97 Å². The van der Waals surface area contributed by atoms with Crippen molar-refractivity contribution in [3.05, 3.63) is 105 Å². The number of carbonyl (C=O) groups is 2. The molecule has 0 fully saturated rings. The lowest BCUT2D eigenvalue weighted by atomic mass is 10.1. The maximum absolute atomic E-state index is 12.3. The summed E-state index contributed by atoms with van der Waals surface area (Å²) in [4.78, 5) is 41.8. The number of benzene rings is 2. The highest BCUT2D eigenvalue weighted by atomic mass is 16.6. The summed E-state index contributed by atoms with van der Waals surface area (Å²) in [7, 11) is 0. The van der Waals surface area contributed by atoms with Gasteiger partial charge in [0.15, 0.2) is 5.78 Å². The van der Waals surface area contributed by atoms with Crippen LogP contribution in [0.2, 0.25) is 0 Å². The van der Waals surface area contributed by atoms with E-state index in [0.29, 0.717) is 12.0 Å². The number of non-ortho nitro benzene ring substituents is 1. The summed E-state index contributed by atoms with van der Waals surface area (Å²) in [6.45, 7) is 1.22. The molecule has 0 spiro atoms. The summed E-state index contributed by atoms with van der Waals surface area (Å²) in [5, 5.41) is 10.9. The molecule has 1 heterocycles. The highest BCUT2D eigenvalue weighted by molar-refractivity contribution is 6.19. The minimum absolute atomic E-state index is 0.0213. The lowest BCUT2D eigenvalue weighted by molar-refractivity contribution is -0.384. The van der Waals surface area contributed by atoms with Gasteiger partial charge in [-0.25, -0.2) is 9.78 Å². The minimum atomic E-state index is -0.789. The summed E-state index contributed by atoms with van der Waals surface area (Å²) in [5.74, 6) is -0.389. The average Bonchev–Trinajstić information content (AvgIpc) is 3.29. The van der Waals surface area contributed by atoms with Crippen LogP contribution in [0.4, 0.5) is 5.69 Å². The molecule has 8 nitrogen and oxygen atoms in total. The molecule has 8 heteroatoms. The third-order valence-electron chi connectivity index (χ3n) is 4.52. The zero-order chi connectivity index (χ0) is 22.9. The van der Waals surface area contributed by atoms with Gasteiger partial charge in [0.25, 0.3) is 5.69 Å². The number of esters is 1. The van der Waals surface area contributed by atoms with Crippen molar-refractivity contribution in [3.63, 3.8) is 0 Å². The van der Waals surface area contributed by atoms with Gasteiger partial charge in [0, 0.05) is 30.9 Å². The predicted octanol–water partition coefficient (Wildman–Crippen LogP) is 4.14. The van der Waals surface area contributed by atoms with Gasteiger partial charge < -0.3 is 9.72 Å². The van der Waals surface area contributed by atoms with Crippen LogP contribution in [0.15, 0.2) is 72.6 Å². The van der Waals surface area contributed by atoms with Gasteiger partial charge in [0.2, 0.25) is 0 Å². The van der Waals surface area contributed by atoms with Crippen LogP contribution in [0.1, 0.15) is 29.4 Å². The van der Waals surface area contributed by atoms with Crippen molar-refractivity contribution in [2.45, 2.75) is 13.3 Å². The Morgan fingerprint density at radius 3 is 2.59 bits per heavy atom. The van der Waals surface area contributed by atoms with Crippen molar-refractivity contribution in [2.24, 2.45) is 0 Å². The maximum Gasteiger partial charge on any atom is 0.342 e. The van der Waals surface area contributed by atoms with E-state index in [-0.39, 0.29) is 17.9 Å². The fraction of sp³-hybridized carbons (Fsp3) is 0.125. The van der Waals surface area contributed by atoms with Crippen LogP contribution in [0.3, 0.4) is 0 Å². The van der Waals surface area contributed by atoms with Gasteiger partial charge in [0.05, 0.1) is 4.92 Å². The topological polar surface area (TPSA) is 115 Å². The minimum Gasteiger partial charge on any atom is -0.458 e. The molecule has 0 radical (unpaired) electrons. The van der Waals surface area contributed by atoms with E-state index in [1.54, 1.807) is 24.5 Å². The van der Waals surface area contributed by atoms with Gasteiger partial charge in [-0.05, 0) is 35.8 Å². The Hall–Kier alpha value is -4.33. The van der Waals surface area contributed by atoms with Crippen LogP contribution in [0.5, 0.6) is 0 Å². The lowest BCUT2D eigenvalue weighted by Crippen LogP contribution is -2.13. The number of H-pyrrole nitrogens is 1. The Kier molecular flexibility index (Phi) is 7.42. The first-order valence-corrected chi connectivity index (χ1v) is 9.80. The molecule has 1 N–H and O–H groups in total. The third-order valence-corrected chi connectivity index (χ3v) is 4.52. The van der Waals surface area contributed by atoms with Gasteiger partial charge in [-0.1, -0.05) is 42.5 Å². The van der Waals surface area contributed by atoms with Crippen molar-refractivity contribution in [1.29, 1.82) is 0 Å². The molecular formula is C24H21N3O5. The van der Waals surface area contributed by atoms with Crippen molar-refractivity contribution in [1.82, 2.24) is 9.97 Å². The van der Waals surface area contributed by atoms with Gasteiger partial charge in [-0.2, -0.15) is 0 Å². The molecule has 0 amide bonds. The van der Waals surface area contributed by atoms with Crippen LogP contribution in [-0.4, -0.2) is 33.3 Å². The second-order valence-corrected chi connectivity index (χ2v) is 6.92. The first-order chi connectivity index (χ1) is 15.4. The SMILES string of the molecule is CC(=O)C(=Cc1cccc([N+](=O)[O-])c1)C(=O)OCC=Cc1ccc(Cc2ncc[nH]2)cc1. The molecule has 162 valence electrons. The van der Waals surface area contributed by atoms with E-state index in [9.17, 15) is 19.7 Å². The van der Waals surface area contributed by atoms with E-state index in [1.165, 1.54) is 31.2 Å². The van der Waals surface area contributed by atoms with Crippen molar-refractivity contribution in [3.8, 4) is 0 Å². The molecule has 3 aromatic rings. The third kappa shape index (κ3) is 6.33. The number of carbonyl (C=O) groups excluding carboxylic acids is 2. The number of imidazole rings is 1. The Morgan fingerprint density at radius 1 is 1.16 bits per heavy atom. The molecule has 0 atom stereocenters. The number of ketones is 1. The monoisotopic (exact) mass is 431 g/mol. The molecule has 0 aliphatic carbocycles. The van der Waals surface area contributed by atoms with Crippen molar-refractivity contribution >= 4 is 29.6 Å². The molecule has 0 bridgehead atoms. The van der Waals surface area contributed by atoms with Gasteiger partial charge in [0.1, 0.15) is 18.0 Å². The smallest absolute Gasteiger partial charge is 0.342 e. The summed E-state index contributed by atoms with van der Waals surface area (Å²) in [6, 6.07) is 13.5. The zero-order valence-corrected chi connectivity index (χ0v) is 17.4. The van der Waals surface area contributed by atoms with Crippen LogP contribution < -0.4 is 0 Å². The summed E-state index contributed by atoms with van der Waals surface area (Å²) in [5.41, 5.74) is 2.10. The molecule has 0 saturated carbocycles. The molecule has 0 aliphatic rings. The molecule has 32 heavy (non-hydrogen) atoms. The maximum atomic E-state index is 12.3. The number of hydrogen-bond donors (Lipinski definition) is 1. The van der Waals surface area contributed by atoms with E-state index >= 15 is 0 Å². The molecule has 2 aromatic carbocycles. The number of nitro groups is 1. The van der Waals surface area contributed by atoms with E-state index in [4.69, 9.17) is 4.74 Å². The fourth-order valence-electron chi connectivity index (χ4n) is 2.92. The van der Waals surface area contributed by atoms with Crippen molar-refractivity contribution in [2.75, 3.05) is 6.61 Å². The normalized spacial score (nSPS) is 11.5. The van der Waals surface area contributed by atoms with E-state index < -0.39 is 16.7 Å².